The van der Waals surface area contributed by atoms with E-state index >= 15 is 0 Å². The van der Waals surface area contributed by atoms with Crippen LogP contribution in [0.3, 0.4) is 0 Å². The zero-order valence-electron chi connectivity index (χ0n) is 18.4. The molecule has 0 saturated heterocycles. The number of anilines is 1. The molecule has 0 aliphatic carbocycles. The molecule has 0 spiro atoms. The van der Waals surface area contributed by atoms with Crippen molar-refractivity contribution in [1.29, 1.82) is 0 Å². The van der Waals surface area contributed by atoms with Crippen molar-refractivity contribution in [2.45, 2.75) is 26.2 Å². The molecule has 1 heterocycles. The van der Waals surface area contributed by atoms with Crippen LogP contribution in [0.5, 0.6) is 5.75 Å². The van der Waals surface area contributed by atoms with Crippen LogP contribution in [0.15, 0.2) is 63.5 Å². The van der Waals surface area contributed by atoms with Crippen molar-refractivity contribution in [3.05, 3.63) is 70.4 Å². The summed E-state index contributed by atoms with van der Waals surface area (Å²) in [5, 5.41) is 16.1. The second-order valence-corrected chi connectivity index (χ2v) is 8.22. The van der Waals surface area contributed by atoms with Crippen LogP contribution in [-0.4, -0.2) is 18.5 Å². The van der Waals surface area contributed by atoms with Gasteiger partial charge in [-0.2, -0.15) is 0 Å². The molecule has 0 unspecified atom stereocenters. The van der Waals surface area contributed by atoms with Gasteiger partial charge in [-0.3, -0.25) is 4.79 Å². The molecule has 0 bridgehead atoms. The van der Waals surface area contributed by atoms with Gasteiger partial charge in [0.15, 0.2) is 0 Å². The molecule has 8 heteroatoms. The number of aryl methyl sites for hydroxylation is 1. The van der Waals surface area contributed by atoms with E-state index in [1.54, 1.807) is 18.2 Å². The summed E-state index contributed by atoms with van der Waals surface area (Å²) in [6.45, 7) is 1.57. The molecule has 0 fully saturated rings. The summed E-state index contributed by atoms with van der Waals surface area (Å²) < 4.78 is 11.9. The Kier molecular flexibility index (Phi) is 8.59. The molecule has 4 aromatic rings. The van der Waals surface area contributed by atoms with Gasteiger partial charge in [-0.1, -0.05) is 43.7 Å². The molecule has 0 aliphatic rings. The number of hydrogen-bond acceptors (Lipinski definition) is 5. The number of benzene rings is 3. The van der Waals surface area contributed by atoms with Crippen molar-refractivity contribution in [2.75, 3.05) is 11.9 Å². The second kappa shape index (κ2) is 11.2. The van der Waals surface area contributed by atoms with Crippen LogP contribution in [0.25, 0.3) is 21.7 Å². The fourth-order valence-electron chi connectivity index (χ4n) is 3.65. The van der Waals surface area contributed by atoms with E-state index in [0.29, 0.717) is 39.2 Å². The van der Waals surface area contributed by atoms with E-state index in [1.807, 2.05) is 36.4 Å². The van der Waals surface area contributed by atoms with Gasteiger partial charge in [0, 0.05) is 17.5 Å². The SMILES string of the molecule is CCCCc1oc2ccccc2c1C(=O)Nc1ccc2c(Br)c(OCC(=O)[O-])ccc2c1.[Na+]. The quantitative estimate of drug-likeness (QED) is 0.361. The number of carbonyl (C=O) groups is 2. The third kappa shape index (κ3) is 5.61. The normalized spacial score (nSPS) is 10.7. The summed E-state index contributed by atoms with van der Waals surface area (Å²) in [7, 11) is 0. The van der Waals surface area contributed by atoms with Gasteiger partial charge in [0.1, 0.15) is 23.7 Å². The third-order valence-corrected chi connectivity index (χ3v) is 5.99. The Morgan fingerprint density at radius 1 is 1.09 bits per heavy atom. The van der Waals surface area contributed by atoms with Gasteiger partial charge in [-0.05, 0) is 57.4 Å². The molecule has 0 atom stereocenters. The maximum Gasteiger partial charge on any atom is 1.00 e. The van der Waals surface area contributed by atoms with E-state index in [9.17, 15) is 14.7 Å². The zero-order valence-corrected chi connectivity index (χ0v) is 22.0. The number of ether oxygens (including phenoxy) is 1. The average molecular weight is 518 g/mol. The van der Waals surface area contributed by atoms with Crippen LogP contribution in [0.4, 0.5) is 5.69 Å². The van der Waals surface area contributed by atoms with Gasteiger partial charge in [-0.25, -0.2) is 0 Å². The monoisotopic (exact) mass is 517 g/mol. The Morgan fingerprint density at radius 3 is 2.64 bits per heavy atom. The van der Waals surface area contributed by atoms with E-state index in [4.69, 9.17) is 9.15 Å². The Balaban J connectivity index is 0.00000306. The molecule has 33 heavy (non-hydrogen) atoms. The molecule has 6 nitrogen and oxygen atoms in total. The number of furan rings is 1. The number of para-hydroxylation sites is 1. The Bertz CT molecular complexity index is 1320. The third-order valence-electron chi connectivity index (χ3n) is 5.17. The van der Waals surface area contributed by atoms with Crippen molar-refractivity contribution in [3.8, 4) is 5.75 Å². The number of aliphatic carboxylic acids is 1. The molecule has 1 N–H and O–H groups in total. The van der Waals surface area contributed by atoms with Gasteiger partial charge < -0.3 is 24.4 Å². The van der Waals surface area contributed by atoms with Crippen LogP contribution in [-0.2, 0) is 11.2 Å². The van der Waals surface area contributed by atoms with Crippen LogP contribution in [0, 0.1) is 0 Å². The number of carboxylic acids is 1. The van der Waals surface area contributed by atoms with Crippen molar-refractivity contribution in [2.24, 2.45) is 0 Å². The van der Waals surface area contributed by atoms with E-state index in [1.165, 1.54) is 0 Å². The predicted octanol–water partition coefficient (Wildman–Crippen LogP) is 2.08. The number of nitrogens with one attached hydrogen (secondary N) is 1. The summed E-state index contributed by atoms with van der Waals surface area (Å²) in [6.07, 6.45) is 2.64. The Hall–Kier alpha value is -2.32. The largest absolute Gasteiger partial charge is 1.00 e. The first-order valence-electron chi connectivity index (χ1n) is 10.3. The smallest absolute Gasteiger partial charge is 0.546 e. The number of rotatable bonds is 8. The second-order valence-electron chi connectivity index (χ2n) is 7.43. The maximum atomic E-state index is 13.2. The van der Waals surface area contributed by atoms with Gasteiger partial charge in [0.2, 0.25) is 0 Å². The molecular weight excluding hydrogens is 497 g/mol. The first kappa shape index (κ1) is 25.3. The molecule has 0 aliphatic heterocycles. The number of carboxylic acid groups (broad SMARTS) is 1. The summed E-state index contributed by atoms with van der Waals surface area (Å²) in [6, 6.07) is 16.5. The van der Waals surface area contributed by atoms with Crippen LogP contribution in [0.2, 0.25) is 0 Å². The summed E-state index contributed by atoms with van der Waals surface area (Å²) in [4.78, 5) is 23.9. The number of halogens is 1. The van der Waals surface area contributed by atoms with Crippen molar-refractivity contribution in [1.82, 2.24) is 0 Å². The number of unbranched alkanes of at least 4 members (excludes halogenated alkanes) is 1. The molecule has 0 radical (unpaired) electrons. The molecule has 3 aromatic carbocycles. The Labute approximate surface area is 221 Å². The minimum Gasteiger partial charge on any atom is -0.546 e. The van der Waals surface area contributed by atoms with E-state index in [0.717, 1.165) is 29.0 Å². The minimum atomic E-state index is -1.29. The fraction of sp³-hybridized carbons (Fsp3) is 0.200. The molecular formula is C25H21BrNNaO5. The Morgan fingerprint density at radius 2 is 1.88 bits per heavy atom. The van der Waals surface area contributed by atoms with Crippen LogP contribution in [0.1, 0.15) is 35.9 Å². The van der Waals surface area contributed by atoms with Crippen LogP contribution >= 0.6 is 15.9 Å². The van der Waals surface area contributed by atoms with Gasteiger partial charge in [0.25, 0.3) is 5.91 Å². The van der Waals surface area contributed by atoms with E-state index < -0.39 is 12.6 Å². The molecule has 4 rings (SSSR count). The number of hydrogen-bond donors (Lipinski definition) is 1. The summed E-state index contributed by atoms with van der Waals surface area (Å²) in [5.41, 5.74) is 1.92. The van der Waals surface area contributed by atoms with Gasteiger partial charge in [0.05, 0.1) is 16.0 Å². The average Bonchev–Trinajstić information content (AvgIpc) is 3.15. The standard InChI is InChI=1S/C25H22BrNO5.Na/c1-2-3-7-20-23(18-6-4-5-8-19(18)32-20)25(30)27-16-10-11-17-15(13-16)9-12-21(24(17)26)31-14-22(28)29;/h4-6,8-13H,2-3,7,14H2,1H3,(H,27,30)(H,28,29);/q;+1/p-1. The topological polar surface area (TPSA) is 91.6 Å². The zero-order chi connectivity index (χ0) is 22.7. The van der Waals surface area contributed by atoms with Gasteiger partial charge >= 0.3 is 29.6 Å². The van der Waals surface area contributed by atoms with Crippen molar-refractivity contribution >= 4 is 55.2 Å². The first-order valence-corrected chi connectivity index (χ1v) is 11.1. The van der Waals surface area contributed by atoms with Crippen molar-refractivity contribution < 1.29 is 53.4 Å². The molecule has 164 valence electrons. The number of amides is 1. The molecule has 1 amide bonds. The minimum absolute atomic E-state index is 0. The molecule has 1 aromatic heterocycles. The van der Waals surface area contributed by atoms with Crippen molar-refractivity contribution in [3.63, 3.8) is 0 Å². The van der Waals surface area contributed by atoms with Gasteiger partial charge in [-0.15, -0.1) is 0 Å². The predicted molar refractivity (Wildman–Crippen MR) is 125 cm³/mol. The first-order chi connectivity index (χ1) is 15.5. The summed E-state index contributed by atoms with van der Waals surface area (Å²) >= 11 is 3.46. The summed E-state index contributed by atoms with van der Waals surface area (Å²) in [5.74, 6) is -0.402. The maximum absolute atomic E-state index is 13.2. The molecule has 0 saturated carbocycles. The van der Waals surface area contributed by atoms with E-state index in [2.05, 4.69) is 28.2 Å². The number of carbonyl (C=O) groups excluding carboxylic acids is 2. The van der Waals surface area contributed by atoms with Crippen LogP contribution < -0.4 is 44.7 Å². The number of fused-ring (bicyclic) bond motifs is 2. The van der Waals surface area contributed by atoms with E-state index in [-0.39, 0.29) is 35.5 Å². The fourth-order valence-corrected chi connectivity index (χ4v) is 4.26.